The van der Waals surface area contributed by atoms with Crippen LogP contribution in [0.15, 0.2) is 18.2 Å². The van der Waals surface area contributed by atoms with E-state index in [0.29, 0.717) is 12.2 Å². The Morgan fingerprint density at radius 2 is 2.26 bits per heavy atom. The molecule has 0 saturated carbocycles. The van der Waals surface area contributed by atoms with Gasteiger partial charge in [0.15, 0.2) is 0 Å². The Morgan fingerprint density at radius 1 is 1.58 bits per heavy atom. The number of carbonyl (C=O) groups excluding carboxylic acids is 1. The molecule has 1 rings (SSSR count). The molecule has 0 fully saturated rings. The summed E-state index contributed by atoms with van der Waals surface area (Å²) in [5.41, 5.74) is 0.507. The van der Waals surface area contributed by atoms with Gasteiger partial charge in [0.1, 0.15) is 6.07 Å². The smallest absolute Gasteiger partial charge is 0.270 e. The first-order valence-electron chi connectivity index (χ1n) is 5.66. The maximum atomic E-state index is 11.5. The number of amides is 1. The third-order valence-electron chi connectivity index (χ3n) is 2.48. The molecule has 0 aliphatic rings. The molecule has 7 nitrogen and oxygen atoms in total. The number of nitro groups is 1. The number of hydrogen-bond acceptors (Lipinski definition) is 5. The molecule has 7 heteroatoms. The van der Waals surface area contributed by atoms with Crippen LogP contribution in [0.4, 0.5) is 11.4 Å². The number of hydrogen-bond donors (Lipinski definition) is 1. The van der Waals surface area contributed by atoms with Gasteiger partial charge >= 0.3 is 0 Å². The van der Waals surface area contributed by atoms with Crippen molar-refractivity contribution < 1.29 is 9.72 Å². The number of non-ortho nitro benzene ring substituents is 1. The molecule has 1 aromatic carbocycles. The summed E-state index contributed by atoms with van der Waals surface area (Å²) in [6.07, 6.45) is 0. The van der Waals surface area contributed by atoms with Crippen molar-refractivity contribution in [2.75, 3.05) is 25.0 Å². The molecule has 0 aliphatic carbocycles. The monoisotopic (exact) mass is 262 g/mol. The van der Waals surface area contributed by atoms with E-state index in [1.165, 1.54) is 18.2 Å². The van der Waals surface area contributed by atoms with E-state index in [4.69, 9.17) is 5.26 Å². The van der Waals surface area contributed by atoms with Gasteiger partial charge in [-0.3, -0.25) is 14.9 Å². The number of anilines is 1. The summed E-state index contributed by atoms with van der Waals surface area (Å²) >= 11 is 0. The molecule has 0 heterocycles. The minimum atomic E-state index is -0.561. The molecule has 0 aliphatic heterocycles. The summed E-state index contributed by atoms with van der Waals surface area (Å²) < 4.78 is 0. The highest BCUT2D eigenvalue weighted by Gasteiger charge is 2.15. The fraction of sp³-hybridized carbons (Fsp3) is 0.333. The Labute approximate surface area is 110 Å². The highest BCUT2D eigenvalue weighted by Crippen LogP contribution is 2.23. The first-order valence-corrected chi connectivity index (χ1v) is 5.66. The standard InChI is InChI=1S/C12H14N4O3/c1-3-14-12(17)8-15(2)11-5-4-10(16(18)19)6-9(11)7-13/h4-6H,3,8H2,1-2H3,(H,14,17). The summed E-state index contributed by atoms with van der Waals surface area (Å²) in [5, 5.41) is 22.3. The van der Waals surface area contributed by atoms with Crippen LogP contribution in [-0.4, -0.2) is 31.0 Å². The lowest BCUT2D eigenvalue weighted by Gasteiger charge is -2.19. The number of nitro benzene ring substituents is 1. The molecule has 100 valence electrons. The summed E-state index contributed by atoms with van der Waals surface area (Å²) in [6, 6.07) is 5.88. The van der Waals surface area contributed by atoms with E-state index in [9.17, 15) is 14.9 Å². The van der Waals surface area contributed by atoms with Crippen LogP contribution in [0.2, 0.25) is 0 Å². The van der Waals surface area contributed by atoms with Crippen LogP contribution in [0.3, 0.4) is 0 Å². The number of rotatable bonds is 5. The molecule has 0 atom stereocenters. The van der Waals surface area contributed by atoms with Crippen molar-refractivity contribution in [1.29, 1.82) is 5.26 Å². The van der Waals surface area contributed by atoms with Crippen molar-refractivity contribution in [3.05, 3.63) is 33.9 Å². The van der Waals surface area contributed by atoms with E-state index in [0.717, 1.165) is 0 Å². The number of nitrogens with one attached hydrogen (secondary N) is 1. The van der Waals surface area contributed by atoms with Crippen molar-refractivity contribution in [2.45, 2.75) is 6.92 Å². The van der Waals surface area contributed by atoms with Crippen LogP contribution < -0.4 is 10.2 Å². The van der Waals surface area contributed by atoms with Crippen LogP contribution in [0.1, 0.15) is 12.5 Å². The first kappa shape index (κ1) is 14.4. The molecule has 1 amide bonds. The molecule has 0 bridgehead atoms. The van der Waals surface area contributed by atoms with Crippen molar-refractivity contribution in [1.82, 2.24) is 5.32 Å². The predicted molar refractivity (Wildman–Crippen MR) is 69.8 cm³/mol. The zero-order valence-electron chi connectivity index (χ0n) is 10.7. The molecular weight excluding hydrogens is 248 g/mol. The van der Waals surface area contributed by atoms with Crippen LogP contribution in [0.25, 0.3) is 0 Å². The number of nitrogens with zero attached hydrogens (tertiary/aromatic N) is 3. The van der Waals surface area contributed by atoms with Gasteiger partial charge in [0.2, 0.25) is 5.91 Å². The van der Waals surface area contributed by atoms with Gasteiger partial charge in [-0.25, -0.2) is 0 Å². The predicted octanol–water partition coefficient (Wildman–Crippen LogP) is 1.04. The Morgan fingerprint density at radius 3 is 2.79 bits per heavy atom. The van der Waals surface area contributed by atoms with Crippen LogP contribution in [0.5, 0.6) is 0 Å². The van der Waals surface area contributed by atoms with E-state index in [2.05, 4.69) is 5.32 Å². The zero-order valence-corrected chi connectivity index (χ0v) is 10.7. The Bertz CT molecular complexity index is 536. The molecule has 0 aromatic heterocycles. The van der Waals surface area contributed by atoms with Gasteiger partial charge in [0.25, 0.3) is 5.69 Å². The maximum absolute atomic E-state index is 11.5. The fourth-order valence-corrected chi connectivity index (χ4v) is 1.61. The van der Waals surface area contributed by atoms with Gasteiger partial charge in [0, 0.05) is 25.7 Å². The molecule has 0 spiro atoms. The van der Waals surface area contributed by atoms with Gasteiger partial charge in [-0.05, 0) is 13.0 Å². The largest absolute Gasteiger partial charge is 0.364 e. The number of benzene rings is 1. The molecule has 1 aromatic rings. The van der Waals surface area contributed by atoms with E-state index in [1.807, 2.05) is 13.0 Å². The number of carbonyl (C=O) groups is 1. The van der Waals surface area contributed by atoms with E-state index in [-0.39, 0.29) is 23.7 Å². The Hall–Kier alpha value is -2.62. The quantitative estimate of drug-likeness (QED) is 0.631. The average molecular weight is 262 g/mol. The van der Waals surface area contributed by atoms with Crippen molar-refractivity contribution in [3.8, 4) is 6.07 Å². The van der Waals surface area contributed by atoms with Crippen molar-refractivity contribution in [3.63, 3.8) is 0 Å². The Kier molecular flexibility index (Phi) is 4.83. The highest BCUT2D eigenvalue weighted by molar-refractivity contribution is 5.82. The molecule has 0 unspecified atom stereocenters. The lowest BCUT2D eigenvalue weighted by Crippen LogP contribution is -2.35. The molecule has 1 N–H and O–H groups in total. The fourth-order valence-electron chi connectivity index (χ4n) is 1.61. The van der Waals surface area contributed by atoms with E-state index in [1.54, 1.807) is 11.9 Å². The van der Waals surface area contributed by atoms with Crippen molar-refractivity contribution >= 4 is 17.3 Å². The molecular formula is C12H14N4O3. The average Bonchev–Trinajstić information content (AvgIpc) is 2.37. The van der Waals surface area contributed by atoms with Gasteiger partial charge in [-0.2, -0.15) is 5.26 Å². The summed E-state index contributed by atoms with van der Waals surface area (Å²) in [7, 11) is 1.65. The topological polar surface area (TPSA) is 99.3 Å². The summed E-state index contributed by atoms with van der Waals surface area (Å²) in [5.74, 6) is -0.174. The number of nitriles is 1. The van der Waals surface area contributed by atoms with Gasteiger partial charge in [-0.15, -0.1) is 0 Å². The molecule has 19 heavy (non-hydrogen) atoms. The lowest BCUT2D eigenvalue weighted by atomic mass is 10.1. The minimum absolute atomic E-state index is 0.0837. The molecule has 0 saturated heterocycles. The van der Waals surface area contributed by atoms with E-state index < -0.39 is 4.92 Å². The van der Waals surface area contributed by atoms with Gasteiger partial charge in [-0.1, -0.05) is 0 Å². The second-order valence-corrected chi connectivity index (χ2v) is 3.88. The van der Waals surface area contributed by atoms with Crippen LogP contribution >= 0.6 is 0 Å². The summed E-state index contributed by atoms with van der Waals surface area (Å²) in [4.78, 5) is 23.1. The highest BCUT2D eigenvalue weighted by atomic mass is 16.6. The first-order chi connectivity index (χ1) is 8.99. The third kappa shape index (κ3) is 3.67. The third-order valence-corrected chi connectivity index (χ3v) is 2.48. The second-order valence-electron chi connectivity index (χ2n) is 3.88. The maximum Gasteiger partial charge on any atom is 0.270 e. The van der Waals surface area contributed by atoms with Gasteiger partial charge in [0.05, 0.1) is 22.7 Å². The minimum Gasteiger partial charge on any atom is -0.364 e. The van der Waals surface area contributed by atoms with Crippen molar-refractivity contribution in [2.24, 2.45) is 0 Å². The number of likely N-dealkylation sites (N-methyl/N-ethyl adjacent to an activating group) is 2. The molecule has 0 radical (unpaired) electrons. The Balaban J connectivity index is 2.97. The lowest BCUT2D eigenvalue weighted by molar-refractivity contribution is -0.384. The van der Waals surface area contributed by atoms with Gasteiger partial charge < -0.3 is 10.2 Å². The summed E-state index contributed by atoms with van der Waals surface area (Å²) in [6.45, 7) is 2.42. The SMILES string of the molecule is CCNC(=O)CN(C)c1ccc([N+](=O)[O-])cc1C#N. The second kappa shape index (κ2) is 6.35. The normalized spacial score (nSPS) is 9.53. The zero-order chi connectivity index (χ0) is 14.4. The van der Waals surface area contributed by atoms with Crippen LogP contribution in [0, 0.1) is 21.4 Å². The van der Waals surface area contributed by atoms with E-state index >= 15 is 0 Å². The van der Waals surface area contributed by atoms with Crippen LogP contribution in [-0.2, 0) is 4.79 Å².